The minimum Gasteiger partial charge on any atom is -0.381 e. The van der Waals surface area contributed by atoms with Gasteiger partial charge in [-0.1, -0.05) is 18.2 Å². The second kappa shape index (κ2) is 10.2. The van der Waals surface area contributed by atoms with E-state index in [4.69, 9.17) is 9.72 Å². The summed E-state index contributed by atoms with van der Waals surface area (Å²) in [6, 6.07) is 18.2. The zero-order valence-corrected chi connectivity index (χ0v) is 24.1. The number of benzene rings is 2. The molecule has 0 unspecified atom stereocenters. The van der Waals surface area contributed by atoms with Crippen molar-refractivity contribution in [1.82, 2.24) is 25.1 Å². The summed E-state index contributed by atoms with van der Waals surface area (Å²) < 4.78 is 7.24. The second-order valence-electron chi connectivity index (χ2n) is 12.2. The summed E-state index contributed by atoms with van der Waals surface area (Å²) >= 11 is 0. The van der Waals surface area contributed by atoms with E-state index in [0.717, 1.165) is 65.1 Å². The predicted molar refractivity (Wildman–Crippen MR) is 159 cm³/mol. The van der Waals surface area contributed by atoms with Crippen LogP contribution in [-0.4, -0.2) is 44.4 Å². The van der Waals surface area contributed by atoms with Crippen molar-refractivity contribution in [2.45, 2.75) is 51.2 Å². The highest BCUT2D eigenvalue weighted by Gasteiger charge is 2.35. The zero-order chi connectivity index (χ0) is 29.0. The number of anilines is 1. The summed E-state index contributed by atoms with van der Waals surface area (Å²) in [5.41, 5.74) is 7.02. The summed E-state index contributed by atoms with van der Waals surface area (Å²) in [5, 5.41) is 21.6. The Kier molecular flexibility index (Phi) is 6.41. The molecule has 4 heterocycles. The molecule has 0 atom stereocenters. The van der Waals surface area contributed by atoms with E-state index in [1.54, 1.807) is 11.2 Å². The third kappa shape index (κ3) is 4.77. The van der Waals surface area contributed by atoms with Gasteiger partial charge in [0, 0.05) is 47.8 Å². The molecule has 0 bridgehead atoms. The van der Waals surface area contributed by atoms with Crippen LogP contribution in [0.4, 0.5) is 5.82 Å². The van der Waals surface area contributed by atoms with Crippen LogP contribution >= 0.6 is 0 Å². The largest absolute Gasteiger partial charge is 0.381 e. The molecule has 1 saturated heterocycles. The van der Waals surface area contributed by atoms with E-state index >= 15 is 0 Å². The number of aromatic nitrogens is 4. The van der Waals surface area contributed by atoms with Crippen LogP contribution in [0.25, 0.3) is 22.5 Å². The number of nitrogens with zero attached hydrogens (tertiary/aromatic N) is 6. The van der Waals surface area contributed by atoms with Gasteiger partial charge in [-0.25, -0.2) is 4.98 Å². The maximum atomic E-state index is 13.8. The van der Waals surface area contributed by atoms with Crippen LogP contribution in [0.1, 0.15) is 65.3 Å². The van der Waals surface area contributed by atoms with Crippen LogP contribution < -0.4 is 10.2 Å². The second-order valence-corrected chi connectivity index (χ2v) is 12.2. The van der Waals surface area contributed by atoms with Crippen molar-refractivity contribution in [3.63, 3.8) is 0 Å². The number of amides is 1. The maximum absolute atomic E-state index is 13.8. The molecule has 212 valence electrons. The molecule has 0 spiro atoms. The molecule has 9 nitrogen and oxygen atoms in total. The SMILES string of the molecule is Cn1cnnc1-c1cc(C#N)ccc1-c1cc(C2CC2)nc(N2Cc3ccc(CNC(C)(C)C4COC4)cc3C2=O)c1. The maximum Gasteiger partial charge on any atom is 0.260 e. The fraction of sp³-hybridized carbons (Fsp3) is 0.364. The number of carbonyl (C=O) groups is 1. The summed E-state index contributed by atoms with van der Waals surface area (Å²) in [7, 11) is 1.89. The van der Waals surface area contributed by atoms with Gasteiger partial charge in [-0.3, -0.25) is 9.69 Å². The number of ether oxygens (including phenoxy) is 1. The summed E-state index contributed by atoms with van der Waals surface area (Å²) in [6.07, 6.45) is 3.83. The molecule has 1 amide bonds. The molecule has 9 heteroatoms. The lowest BCUT2D eigenvalue weighted by Gasteiger charge is -2.40. The van der Waals surface area contributed by atoms with Gasteiger partial charge in [-0.05, 0) is 79.3 Å². The van der Waals surface area contributed by atoms with Crippen LogP contribution in [0.5, 0.6) is 0 Å². The Labute approximate surface area is 245 Å². The molecule has 2 aliphatic heterocycles. The van der Waals surface area contributed by atoms with Gasteiger partial charge >= 0.3 is 0 Å². The first kappa shape index (κ1) is 26.5. The number of hydrogen-bond acceptors (Lipinski definition) is 7. The van der Waals surface area contributed by atoms with Crippen LogP contribution in [0.15, 0.2) is 54.9 Å². The minimum absolute atomic E-state index is 0.0294. The van der Waals surface area contributed by atoms with E-state index in [9.17, 15) is 10.1 Å². The first-order valence-electron chi connectivity index (χ1n) is 14.5. The van der Waals surface area contributed by atoms with E-state index in [2.05, 4.69) is 53.6 Å². The molecule has 0 radical (unpaired) electrons. The zero-order valence-electron chi connectivity index (χ0n) is 24.1. The van der Waals surface area contributed by atoms with E-state index in [-0.39, 0.29) is 11.4 Å². The fourth-order valence-corrected chi connectivity index (χ4v) is 5.77. The monoisotopic (exact) mass is 559 g/mol. The lowest BCUT2D eigenvalue weighted by atomic mass is 9.86. The van der Waals surface area contributed by atoms with E-state index in [0.29, 0.717) is 42.1 Å². The molecule has 1 aliphatic carbocycles. The molecular formula is C33H33N7O2. The van der Waals surface area contributed by atoms with Crippen molar-refractivity contribution in [3.05, 3.63) is 82.8 Å². The predicted octanol–water partition coefficient (Wildman–Crippen LogP) is 4.97. The normalized spacial score (nSPS) is 16.8. The average molecular weight is 560 g/mol. The third-order valence-electron chi connectivity index (χ3n) is 8.90. The molecule has 7 rings (SSSR count). The van der Waals surface area contributed by atoms with E-state index in [1.807, 2.05) is 41.9 Å². The number of nitriles is 1. The molecule has 2 aromatic heterocycles. The van der Waals surface area contributed by atoms with Gasteiger partial charge in [-0.15, -0.1) is 10.2 Å². The quantitative estimate of drug-likeness (QED) is 0.325. The molecular weight excluding hydrogens is 526 g/mol. The number of rotatable bonds is 8. The lowest BCUT2D eigenvalue weighted by Crippen LogP contribution is -2.53. The highest BCUT2D eigenvalue weighted by molar-refractivity contribution is 6.10. The number of nitrogens with one attached hydrogen (secondary N) is 1. The highest BCUT2D eigenvalue weighted by atomic mass is 16.5. The Balaban J connectivity index is 1.22. The van der Waals surface area contributed by atoms with Gasteiger partial charge in [0.2, 0.25) is 0 Å². The third-order valence-corrected chi connectivity index (χ3v) is 8.90. The van der Waals surface area contributed by atoms with Crippen molar-refractivity contribution >= 4 is 11.7 Å². The molecule has 2 fully saturated rings. The van der Waals surface area contributed by atoms with Gasteiger partial charge < -0.3 is 14.6 Å². The smallest absolute Gasteiger partial charge is 0.260 e. The van der Waals surface area contributed by atoms with Crippen LogP contribution in [0.3, 0.4) is 0 Å². The van der Waals surface area contributed by atoms with Gasteiger partial charge in [0.05, 0.1) is 31.4 Å². The molecule has 3 aliphatic rings. The molecule has 4 aromatic rings. The van der Waals surface area contributed by atoms with Crippen molar-refractivity contribution in [3.8, 4) is 28.6 Å². The number of carbonyl (C=O) groups excluding carboxylic acids is 1. The Morgan fingerprint density at radius 2 is 1.90 bits per heavy atom. The molecule has 1 N–H and O–H groups in total. The number of pyridine rings is 1. The van der Waals surface area contributed by atoms with Crippen molar-refractivity contribution in [1.29, 1.82) is 5.26 Å². The number of hydrogen-bond donors (Lipinski definition) is 1. The lowest BCUT2D eigenvalue weighted by molar-refractivity contribution is -0.0707. The Morgan fingerprint density at radius 3 is 2.60 bits per heavy atom. The minimum atomic E-state index is -0.0355. The van der Waals surface area contributed by atoms with Crippen LogP contribution in [0.2, 0.25) is 0 Å². The number of fused-ring (bicyclic) bond motifs is 1. The van der Waals surface area contributed by atoms with Gasteiger partial charge in [0.1, 0.15) is 12.1 Å². The molecule has 2 aromatic carbocycles. The first-order chi connectivity index (χ1) is 20.3. The average Bonchev–Trinajstić information content (AvgIpc) is 3.65. The molecule has 42 heavy (non-hydrogen) atoms. The Morgan fingerprint density at radius 1 is 1.07 bits per heavy atom. The molecule has 1 saturated carbocycles. The standard InChI is InChI=1S/C33H33N7O2/c1-33(2,25-17-42-18-25)35-15-21-4-6-23-16-40(32(41)27(23)11-21)30-13-24(12-29(37-30)22-7-8-22)26-9-5-20(14-34)10-28(26)31-38-36-19-39(31)3/h4-6,9-13,19,22,25,35H,7-8,15-18H2,1-3H3. The highest BCUT2D eigenvalue weighted by Crippen LogP contribution is 2.43. The number of aryl methyl sites for hydroxylation is 1. The van der Waals surface area contributed by atoms with Crippen molar-refractivity contribution in [2.24, 2.45) is 13.0 Å². The Bertz CT molecular complexity index is 1740. The fourth-order valence-electron chi connectivity index (χ4n) is 5.77. The first-order valence-corrected chi connectivity index (χ1v) is 14.5. The van der Waals surface area contributed by atoms with Gasteiger partial charge in [0.25, 0.3) is 5.91 Å². The summed E-state index contributed by atoms with van der Waals surface area (Å²) in [4.78, 5) is 20.6. The summed E-state index contributed by atoms with van der Waals surface area (Å²) in [6.45, 7) is 7.16. The van der Waals surface area contributed by atoms with Gasteiger partial charge in [-0.2, -0.15) is 5.26 Å². The van der Waals surface area contributed by atoms with Crippen LogP contribution in [-0.2, 0) is 24.9 Å². The van der Waals surface area contributed by atoms with Crippen molar-refractivity contribution in [2.75, 3.05) is 18.1 Å². The Hall–Kier alpha value is -4.39. The van der Waals surface area contributed by atoms with Gasteiger partial charge in [0.15, 0.2) is 5.82 Å². The topological polar surface area (TPSA) is 109 Å². The summed E-state index contributed by atoms with van der Waals surface area (Å²) in [5.74, 6) is 2.18. The van der Waals surface area contributed by atoms with E-state index in [1.165, 1.54) is 0 Å². The van der Waals surface area contributed by atoms with Crippen molar-refractivity contribution < 1.29 is 9.53 Å². The van der Waals surface area contributed by atoms with E-state index < -0.39 is 0 Å². The van der Waals surface area contributed by atoms with Crippen LogP contribution in [0, 0.1) is 17.2 Å².